The first kappa shape index (κ1) is 12.4. The topological polar surface area (TPSA) is 69.0 Å². The maximum Gasteiger partial charge on any atom is 0.165 e. The van der Waals surface area contributed by atoms with Gasteiger partial charge in [0, 0.05) is 24.7 Å². The van der Waals surface area contributed by atoms with Crippen LogP contribution in [0.1, 0.15) is 35.8 Å². The molecule has 1 aliphatic carbocycles. The molecule has 2 aromatic rings. The number of ether oxygens (including phenoxy) is 1. The first-order chi connectivity index (χ1) is 9.90. The molecule has 106 valence electrons. The Morgan fingerprint density at radius 2 is 2.35 bits per heavy atom. The molecule has 0 bridgehead atoms. The van der Waals surface area contributed by atoms with Gasteiger partial charge in [0.05, 0.1) is 19.2 Å². The van der Waals surface area contributed by atoms with E-state index < -0.39 is 0 Å². The first-order valence-electron chi connectivity index (χ1n) is 6.90. The number of thiazole rings is 1. The summed E-state index contributed by atoms with van der Waals surface area (Å²) in [5.74, 6) is 0.965. The molecule has 1 atom stereocenters. The Bertz CT molecular complexity index is 566. The van der Waals surface area contributed by atoms with Crippen molar-refractivity contribution >= 4 is 11.3 Å². The van der Waals surface area contributed by atoms with E-state index in [2.05, 4.69) is 25.4 Å². The molecular weight excluding hydrogens is 276 g/mol. The lowest BCUT2D eigenvalue weighted by Gasteiger charge is -2.31. The molecule has 8 heteroatoms. The number of aromatic nitrogens is 5. The van der Waals surface area contributed by atoms with E-state index in [1.807, 2.05) is 16.3 Å². The summed E-state index contributed by atoms with van der Waals surface area (Å²) in [6, 6.07) is 0.524. The lowest BCUT2D eigenvalue weighted by Crippen LogP contribution is -2.38. The molecule has 0 unspecified atom stereocenters. The molecule has 0 spiro atoms. The summed E-state index contributed by atoms with van der Waals surface area (Å²) < 4.78 is 7.79. The van der Waals surface area contributed by atoms with E-state index in [1.165, 1.54) is 12.8 Å². The van der Waals surface area contributed by atoms with Crippen LogP contribution in [0, 0.1) is 0 Å². The summed E-state index contributed by atoms with van der Waals surface area (Å²) in [6.45, 7) is 3.29. The minimum Gasteiger partial charge on any atom is -0.368 e. The van der Waals surface area contributed by atoms with E-state index in [0.717, 1.165) is 37.1 Å². The van der Waals surface area contributed by atoms with Gasteiger partial charge in [0.15, 0.2) is 5.82 Å². The predicted octanol–water partition coefficient (Wildman–Crippen LogP) is 1.04. The normalized spacial score (nSPS) is 24.1. The van der Waals surface area contributed by atoms with E-state index in [1.54, 1.807) is 11.3 Å². The fourth-order valence-electron chi connectivity index (χ4n) is 2.51. The Morgan fingerprint density at radius 1 is 1.40 bits per heavy atom. The second-order valence-electron chi connectivity index (χ2n) is 5.24. The molecule has 0 aromatic carbocycles. The van der Waals surface area contributed by atoms with Gasteiger partial charge >= 0.3 is 0 Å². The third-order valence-electron chi connectivity index (χ3n) is 3.70. The van der Waals surface area contributed by atoms with Gasteiger partial charge in [0.25, 0.3) is 0 Å². The van der Waals surface area contributed by atoms with Gasteiger partial charge in [-0.2, -0.15) is 0 Å². The highest BCUT2D eigenvalue weighted by Gasteiger charge is 2.30. The Hall–Kier alpha value is -1.38. The number of hydrogen-bond donors (Lipinski definition) is 0. The second-order valence-corrected chi connectivity index (χ2v) is 6.16. The Morgan fingerprint density at radius 3 is 3.15 bits per heavy atom. The first-order valence-corrected chi connectivity index (χ1v) is 7.78. The number of nitrogens with zero attached hydrogens (tertiary/aromatic N) is 6. The number of hydrogen-bond acceptors (Lipinski definition) is 7. The molecule has 7 nitrogen and oxygen atoms in total. The van der Waals surface area contributed by atoms with E-state index in [0.29, 0.717) is 6.04 Å². The largest absolute Gasteiger partial charge is 0.368 e. The molecule has 1 saturated heterocycles. The molecule has 3 heterocycles. The van der Waals surface area contributed by atoms with Gasteiger partial charge in [-0.1, -0.05) is 0 Å². The van der Waals surface area contributed by atoms with Crippen molar-refractivity contribution in [1.29, 1.82) is 0 Å². The van der Waals surface area contributed by atoms with Crippen LogP contribution >= 0.6 is 11.3 Å². The van der Waals surface area contributed by atoms with Gasteiger partial charge < -0.3 is 4.74 Å². The van der Waals surface area contributed by atoms with Gasteiger partial charge in [0.1, 0.15) is 11.1 Å². The maximum atomic E-state index is 5.81. The fourth-order valence-corrected chi connectivity index (χ4v) is 3.19. The van der Waals surface area contributed by atoms with Crippen molar-refractivity contribution in [2.24, 2.45) is 0 Å². The van der Waals surface area contributed by atoms with Crippen molar-refractivity contribution in [3.8, 4) is 0 Å². The van der Waals surface area contributed by atoms with Gasteiger partial charge in [-0.3, -0.25) is 4.90 Å². The van der Waals surface area contributed by atoms with Crippen LogP contribution < -0.4 is 0 Å². The van der Waals surface area contributed by atoms with E-state index >= 15 is 0 Å². The molecule has 0 N–H and O–H groups in total. The summed E-state index contributed by atoms with van der Waals surface area (Å²) in [5, 5.41) is 15.1. The van der Waals surface area contributed by atoms with Gasteiger partial charge in [-0.25, -0.2) is 9.67 Å². The molecule has 2 aliphatic rings. The molecule has 0 amide bonds. The number of rotatable bonds is 4. The molecule has 2 fully saturated rings. The Kier molecular flexibility index (Phi) is 3.21. The summed E-state index contributed by atoms with van der Waals surface area (Å²) in [4.78, 5) is 6.70. The highest BCUT2D eigenvalue weighted by molar-refractivity contribution is 7.09. The molecular formula is C12H16N6OS. The highest BCUT2D eigenvalue weighted by Crippen LogP contribution is 2.34. The summed E-state index contributed by atoms with van der Waals surface area (Å²) in [7, 11) is 0. The monoisotopic (exact) mass is 292 g/mol. The summed E-state index contributed by atoms with van der Waals surface area (Å²) in [5.41, 5.74) is 0. The van der Waals surface area contributed by atoms with E-state index in [4.69, 9.17) is 4.74 Å². The van der Waals surface area contributed by atoms with Crippen molar-refractivity contribution in [1.82, 2.24) is 30.1 Å². The SMILES string of the molecule is c1csc([C@H]2CN(Cc3nnnn3C3CC3)CCO2)n1. The van der Waals surface area contributed by atoms with Crippen molar-refractivity contribution in [2.45, 2.75) is 31.5 Å². The average Bonchev–Trinajstić information content (AvgIpc) is 3.00. The van der Waals surface area contributed by atoms with Crippen molar-refractivity contribution in [3.05, 3.63) is 22.4 Å². The third kappa shape index (κ3) is 2.46. The van der Waals surface area contributed by atoms with E-state index in [9.17, 15) is 0 Å². The fraction of sp³-hybridized carbons (Fsp3) is 0.667. The van der Waals surface area contributed by atoms with Crippen LogP contribution in [-0.4, -0.2) is 49.8 Å². The summed E-state index contributed by atoms with van der Waals surface area (Å²) >= 11 is 1.65. The lowest BCUT2D eigenvalue weighted by molar-refractivity contribution is -0.0341. The zero-order valence-corrected chi connectivity index (χ0v) is 11.9. The zero-order chi connectivity index (χ0) is 13.4. The third-order valence-corrected chi connectivity index (χ3v) is 4.56. The Labute approximate surface area is 120 Å². The molecule has 1 aliphatic heterocycles. The maximum absolute atomic E-state index is 5.81. The van der Waals surface area contributed by atoms with Crippen LogP contribution in [0.5, 0.6) is 0 Å². The van der Waals surface area contributed by atoms with Crippen LogP contribution in [-0.2, 0) is 11.3 Å². The predicted molar refractivity (Wildman–Crippen MR) is 72.2 cm³/mol. The minimum atomic E-state index is 0.0778. The van der Waals surface area contributed by atoms with Crippen LogP contribution in [0.15, 0.2) is 11.6 Å². The standard InChI is InChI=1S/C12H16N6OS/c1-2-9(1)18-11(14-15-16-18)8-17-4-5-19-10(7-17)12-13-3-6-20-12/h3,6,9-10H,1-2,4-5,7-8H2/t10-/m1/s1. The van der Waals surface area contributed by atoms with Crippen molar-refractivity contribution in [3.63, 3.8) is 0 Å². The quantitative estimate of drug-likeness (QED) is 0.838. The molecule has 1 saturated carbocycles. The van der Waals surface area contributed by atoms with Gasteiger partial charge in [-0.15, -0.1) is 16.4 Å². The van der Waals surface area contributed by atoms with Gasteiger partial charge in [-0.05, 0) is 23.3 Å². The van der Waals surface area contributed by atoms with Crippen molar-refractivity contribution < 1.29 is 4.74 Å². The highest BCUT2D eigenvalue weighted by atomic mass is 32.1. The zero-order valence-electron chi connectivity index (χ0n) is 11.1. The van der Waals surface area contributed by atoms with E-state index in [-0.39, 0.29) is 6.10 Å². The smallest absolute Gasteiger partial charge is 0.165 e. The lowest BCUT2D eigenvalue weighted by atomic mass is 10.3. The van der Waals surface area contributed by atoms with Crippen LogP contribution in [0.25, 0.3) is 0 Å². The van der Waals surface area contributed by atoms with Crippen LogP contribution in [0.2, 0.25) is 0 Å². The number of tetrazole rings is 1. The van der Waals surface area contributed by atoms with Gasteiger partial charge in [0.2, 0.25) is 0 Å². The molecule has 20 heavy (non-hydrogen) atoms. The second kappa shape index (κ2) is 5.19. The number of morpholine rings is 1. The van der Waals surface area contributed by atoms with Crippen molar-refractivity contribution in [2.75, 3.05) is 19.7 Å². The molecule has 2 aromatic heterocycles. The Balaban J connectivity index is 1.44. The minimum absolute atomic E-state index is 0.0778. The van der Waals surface area contributed by atoms with Crippen LogP contribution in [0.4, 0.5) is 0 Å². The molecule has 4 rings (SSSR count). The summed E-state index contributed by atoms with van der Waals surface area (Å²) in [6.07, 6.45) is 4.30. The molecule has 0 radical (unpaired) electrons. The van der Waals surface area contributed by atoms with Crippen LogP contribution in [0.3, 0.4) is 0 Å². The average molecular weight is 292 g/mol.